The normalized spacial score (nSPS) is 17.4. The highest BCUT2D eigenvalue weighted by molar-refractivity contribution is 5.31. The molecule has 0 bridgehead atoms. The molecule has 1 aliphatic rings. The van der Waals surface area contributed by atoms with E-state index in [1.165, 1.54) is 25.7 Å². The maximum atomic E-state index is 5.91. The third kappa shape index (κ3) is 4.13. The maximum Gasteiger partial charge on any atom is 0.119 e. The maximum absolute atomic E-state index is 5.91. The standard InChI is InChI=1S/C16H25NO2/c1-3-17-16(13-6-4-5-7-13)12-19-15-10-8-14(18-2)9-11-15/h8-11,13,16-17H,3-7,12H2,1-2H3. The van der Waals surface area contributed by atoms with Crippen molar-refractivity contribution in [2.45, 2.75) is 38.6 Å². The number of hydrogen-bond donors (Lipinski definition) is 1. The summed E-state index contributed by atoms with van der Waals surface area (Å²) in [5.41, 5.74) is 0. The monoisotopic (exact) mass is 263 g/mol. The van der Waals surface area contributed by atoms with Crippen LogP contribution >= 0.6 is 0 Å². The van der Waals surface area contributed by atoms with Gasteiger partial charge in [-0.05, 0) is 49.6 Å². The van der Waals surface area contributed by atoms with E-state index < -0.39 is 0 Å². The molecule has 0 amide bonds. The van der Waals surface area contributed by atoms with Crippen LogP contribution in [0.2, 0.25) is 0 Å². The van der Waals surface area contributed by atoms with E-state index in [1.807, 2.05) is 24.3 Å². The molecular weight excluding hydrogens is 238 g/mol. The Morgan fingerprint density at radius 3 is 2.37 bits per heavy atom. The van der Waals surface area contributed by atoms with Gasteiger partial charge >= 0.3 is 0 Å². The minimum atomic E-state index is 0.481. The third-order valence-corrected chi connectivity index (χ3v) is 3.92. The van der Waals surface area contributed by atoms with Gasteiger partial charge in [-0.15, -0.1) is 0 Å². The van der Waals surface area contributed by atoms with Crippen molar-refractivity contribution in [1.82, 2.24) is 5.32 Å². The molecule has 3 nitrogen and oxygen atoms in total. The third-order valence-electron chi connectivity index (χ3n) is 3.92. The SMILES string of the molecule is CCNC(COc1ccc(OC)cc1)C1CCCC1. The molecule has 1 atom stereocenters. The summed E-state index contributed by atoms with van der Waals surface area (Å²) in [5.74, 6) is 2.56. The molecule has 2 rings (SSSR count). The lowest BCUT2D eigenvalue weighted by Crippen LogP contribution is -2.40. The van der Waals surface area contributed by atoms with Gasteiger partial charge in [0.15, 0.2) is 0 Å². The number of rotatable bonds is 7. The van der Waals surface area contributed by atoms with Crippen molar-refractivity contribution in [3.63, 3.8) is 0 Å². The zero-order valence-corrected chi connectivity index (χ0v) is 12.0. The number of benzene rings is 1. The summed E-state index contributed by atoms with van der Waals surface area (Å²) in [5, 5.41) is 3.57. The van der Waals surface area contributed by atoms with Gasteiger partial charge in [0.1, 0.15) is 18.1 Å². The molecule has 0 spiro atoms. The van der Waals surface area contributed by atoms with E-state index in [1.54, 1.807) is 7.11 Å². The molecular formula is C16H25NO2. The molecule has 1 aromatic rings. The van der Waals surface area contributed by atoms with Crippen molar-refractivity contribution in [3.05, 3.63) is 24.3 Å². The minimum absolute atomic E-state index is 0.481. The number of methoxy groups -OCH3 is 1. The Bertz CT molecular complexity index is 358. The first-order chi connectivity index (χ1) is 9.33. The number of hydrogen-bond acceptors (Lipinski definition) is 3. The predicted octanol–water partition coefficient (Wildman–Crippen LogP) is 3.24. The van der Waals surface area contributed by atoms with E-state index in [9.17, 15) is 0 Å². The molecule has 0 heterocycles. The molecule has 1 unspecified atom stereocenters. The molecule has 1 aromatic carbocycles. The Morgan fingerprint density at radius 1 is 1.16 bits per heavy atom. The van der Waals surface area contributed by atoms with Crippen molar-refractivity contribution in [2.24, 2.45) is 5.92 Å². The first-order valence-electron chi connectivity index (χ1n) is 7.33. The van der Waals surface area contributed by atoms with Gasteiger partial charge in [-0.25, -0.2) is 0 Å². The highest BCUT2D eigenvalue weighted by Gasteiger charge is 2.24. The summed E-state index contributed by atoms with van der Waals surface area (Å²) in [7, 11) is 1.68. The van der Waals surface area contributed by atoms with Gasteiger partial charge in [0.05, 0.1) is 7.11 Å². The van der Waals surface area contributed by atoms with E-state index in [0.29, 0.717) is 6.04 Å². The van der Waals surface area contributed by atoms with Crippen molar-refractivity contribution >= 4 is 0 Å². The fourth-order valence-corrected chi connectivity index (χ4v) is 2.84. The molecule has 1 saturated carbocycles. The largest absolute Gasteiger partial charge is 0.497 e. The van der Waals surface area contributed by atoms with Crippen molar-refractivity contribution < 1.29 is 9.47 Å². The molecule has 1 aliphatic carbocycles. The number of likely N-dealkylation sites (N-methyl/N-ethyl adjacent to an activating group) is 1. The Morgan fingerprint density at radius 2 is 1.79 bits per heavy atom. The predicted molar refractivity (Wildman–Crippen MR) is 77.9 cm³/mol. The van der Waals surface area contributed by atoms with E-state index in [2.05, 4.69) is 12.2 Å². The molecule has 19 heavy (non-hydrogen) atoms. The first kappa shape index (κ1) is 14.2. The van der Waals surface area contributed by atoms with Crippen LogP contribution in [0, 0.1) is 5.92 Å². The van der Waals surface area contributed by atoms with Crippen LogP contribution in [0.5, 0.6) is 11.5 Å². The van der Waals surface area contributed by atoms with Crippen LogP contribution in [0.1, 0.15) is 32.6 Å². The summed E-state index contributed by atoms with van der Waals surface area (Å²) >= 11 is 0. The molecule has 0 aliphatic heterocycles. The fraction of sp³-hybridized carbons (Fsp3) is 0.625. The first-order valence-corrected chi connectivity index (χ1v) is 7.33. The van der Waals surface area contributed by atoms with Crippen molar-refractivity contribution in [3.8, 4) is 11.5 Å². The van der Waals surface area contributed by atoms with Crippen LogP contribution in [-0.4, -0.2) is 26.3 Å². The van der Waals surface area contributed by atoms with Crippen LogP contribution in [0.3, 0.4) is 0 Å². The Hall–Kier alpha value is -1.22. The second-order valence-corrected chi connectivity index (χ2v) is 5.20. The van der Waals surface area contributed by atoms with Crippen LogP contribution < -0.4 is 14.8 Å². The van der Waals surface area contributed by atoms with Gasteiger partial charge in [0.25, 0.3) is 0 Å². The molecule has 1 fully saturated rings. The molecule has 3 heteroatoms. The summed E-state index contributed by atoms with van der Waals surface area (Å²) in [4.78, 5) is 0. The molecule has 0 aromatic heterocycles. The van der Waals surface area contributed by atoms with Crippen molar-refractivity contribution in [1.29, 1.82) is 0 Å². The lowest BCUT2D eigenvalue weighted by atomic mass is 9.99. The van der Waals surface area contributed by atoms with Crippen LogP contribution in [0.25, 0.3) is 0 Å². The van der Waals surface area contributed by atoms with Gasteiger partial charge in [-0.2, -0.15) is 0 Å². The fourth-order valence-electron chi connectivity index (χ4n) is 2.84. The van der Waals surface area contributed by atoms with Crippen LogP contribution in [-0.2, 0) is 0 Å². The van der Waals surface area contributed by atoms with Gasteiger partial charge in [0.2, 0.25) is 0 Å². The van der Waals surface area contributed by atoms with E-state index in [4.69, 9.17) is 9.47 Å². The van der Waals surface area contributed by atoms with Gasteiger partial charge in [-0.3, -0.25) is 0 Å². The molecule has 1 N–H and O–H groups in total. The average molecular weight is 263 g/mol. The topological polar surface area (TPSA) is 30.5 Å². The molecule has 0 radical (unpaired) electrons. The summed E-state index contributed by atoms with van der Waals surface area (Å²) in [6, 6.07) is 8.29. The second kappa shape index (κ2) is 7.39. The zero-order chi connectivity index (χ0) is 13.5. The van der Waals surface area contributed by atoms with Gasteiger partial charge < -0.3 is 14.8 Å². The summed E-state index contributed by atoms with van der Waals surface area (Å²) in [6.07, 6.45) is 5.41. The van der Waals surface area contributed by atoms with E-state index in [0.717, 1.165) is 30.6 Å². The molecule has 106 valence electrons. The lowest BCUT2D eigenvalue weighted by molar-refractivity contribution is 0.219. The van der Waals surface area contributed by atoms with Crippen LogP contribution in [0.15, 0.2) is 24.3 Å². The van der Waals surface area contributed by atoms with Gasteiger partial charge in [0, 0.05) is 6.04 Å². The summed E-state index contributed by atoms with van der Waals surface area (Å²) < 4.78 is 11.1. The smallest absolute Gasteiger partial charge is 0.119 e. The van der Waals surface area contributed by atoms with Gasteiger partial charge in [-0.1, -0.05) is 19.8 Å². The van der Waals surface area contributed by atoms with Crippen molar-refractivity contribution in [2.75, 3.05) is 20.3 Å². The average Bonchev–Trinajstić information content (AvgIpc) is 2.98. The molecule has 0 saturated heterocycles. The van der Waals surface area contributed by atoms with E-state index >= 15 is 0 Å². The zero-order valence-electron chi connectivity index (χ0n) is 12.0. The van der Waals surface area contributed by atoms with E-state index in [-0.39, 0.29) is 0 Å². The second-order valence-electron chi connectivity index (χ2n) is 5.20. The Kier molecular flexibility index (Phi) is 5.52. The number of nitrogens with one attached hydrogen (secondary N) is 1. The summed E-state index contributed by atoms with van der Waals surface area (Å²) in [6.45, 7) is 3.92. The number of ether oxygens (including phenoxy) is 2. The Balaban J connectivity index is 1.86. The lowest BCUT2D eigenvalue weighted by Gasteiger charge is -2.24. The highest BCUT2D eigenvalue weighted by atomic mass is 16.5. The van der Waals surface area contributed by atoms with Crippen LogP contribution in [0.4, 0.5) is 0 Å². The quantitative estimate of drug-likeness (QED) is 0.819. The highest BCUT2D eigenvalue weighted by Crippen LogP contribution is 2.28. The minimum Gasteiger partial charge on any atom is -0.497 e. The Labute approximate surface area is 116 Å².